The molecule has 0 radical (unpaired) electrons. The lowest BCUT2D eigenvalue weighted by Crippen LogP contribution is -2.38. The van der Waals surface area contributed by atoms with Crippen molar-refractivity contribution in [2.45, 2.75) is 19.0 Å². The molecule has 5 aromatic rings. The van der Waals surface area contributed by atoms with Crippen LogP contribution in [-0.2, 0) is 13.0 Å². The highest BCUT2D eigenvalue weighted by Crippen LogP contribution is 2.31. The number of benzene rings is 3. The van der Waals surface area contributed by atoms with Crippen molar-refractivity contribution in [3.8, 4) is 11.3 Å². The number of halogens is 2. The van der Waals surface area contributed by atoms with Gasteiger partial charge in [0.25, 0.3) is 0 Å². The Morgan fingerprint density at radius 2 is 1.86 bits per heavy atom. The average molecular weight is 504 g/mol. The van der Waals surface area contributed by atoms with Gasteiger partial charge in [-0.15, -0.1) is 0 Å². The van der Waals surface area contributed by atoms with E-state index in [4.69, 9.17) is 22.3 Å². The minimum Gasteiger partial charge on any atom is -0.382 e. The standard InChI is InChI=1S/C26H23ClFN7O/c27-23-22(17-9-10-19-20(13-17)34-35-24(19)29)32-25(33-23)21(12-15-5-2-1-3-6-15)31-26(36)30-14-16-7-4-8-18(28)11-16/h1-11,13,21H,12,14H2,(H,32,33)(H3,29,34,35)(H2,30,31,36). The van der Waals surface area contributed by atoms with E-state index in [-0.39, 0.29) is 12.4 Å². The number of carbonyl (C=O) groups excluding carboxylic acids is 1. The normalized spacial score (nSPS) is 11.9. The molecule has 1 unspecified atom stereocenters. The van der Waals surface area contributed by atoms with Gasteiger partial charge in [-0.1, -0.05) is 60.1 Å². The van der Waals surface area contributed by atoms with E-state index in [1.165, 1.54) is 12.1 Å². The molecule has 0 aliphatic rings. The Labute approximate surface area is 211 Å². The number of urea groups is 1. The summed E-state index contributed by atoms with van der Waals surface area (Å²) < 4.78 is 13.5. The van der Waals surface area contributed by atoms with E-state index in [9.17, 15) is 9.18 Å². The summed E-state index contributed by atoms with van der Waals surface area (Å²) in [5.41, 5.74) is 9.62. The van der Waals surface area contributed by atoms with Crippen LogP contribution in [-0.4, -0.2) is 26.2 Å². The van der Waals surface area contributed by atoms with Gasteiger partial charge in [-0.05, 0) is 41.8 Å². The van der Waals surface area contributed by atoms with Crippen molar-refractivity contribution in [2.24, 2.45) is 0 Å². The number of nitrogen functional groups attached to an aromatic ring is 1. The molecular weight excluding hydrogens is 481 g/mol. The van der Waals surface area contributed by atoms with Gasteiger partial charge < -0.3 is 21.4 Å². The maximum Gasteiger partial charge on any atom is 0.315 e. The van der Waals surface area contributed by atoms with E-state index < -0.39 is 12.1 Å². The molecule has 0 saturated carbocycles. The zero-order valence-electron chi connectivity index (χ0n) is 19.1. The van der Waals surface area contributed by atoms with Gasteiger partial charge in [-0.2, -0.15) is 5.10 Å². The van der Waals surface area contributed by atoms with Gasteiger partial charge in [0, 0.05) is 17.5 Å². The number of fused-ring (bicyclic) bond motifs is 1. The number of imidazole rings is 1. The van der Waals surface area contributed by atoms with E-state index in [2.05, 4.69) is 25.8 Å². The zero-order valence-corrected chi connectivity index (χ0v) is 19.8. The number of H-pyrrole nitrogens is 2. The lowest BCUT2D eigenvalue weighted by molar-refractivity contribution is 0.236. The summed E-state index contributed by atoms with van der Waals surface area (Å²) in [6.45, 7) is 0.180. The van der Waals surface area contributed by atoms with Crippen molar-refractivity contribution < 1.29 is 9.18 Å². The molecule has 8 nitrogen and oxygen atoms in total. The van der Waals surface area contributed by atoms with Gasteiger partial charge in [-0.3, -0.25) is 5.10 Å². The number of carbonyl (C=O) groups is 1. The summed E-state index contributed by atoms with van der Waals surface area (Å²) in [4.78, 5) is 20.6. The van der Waals surface area contributed by atoms with Crippen molar-refractivity contribution in [3.63, 3.8) is 0 Å². The van der Waals surface area contributed by atoms with Crippen LogP contribution in [0.4, 0.5) is 15.0 Å². The molecule has 6 N–H and O–H groups in total. The Hall–Kier alpha value is -4.37. The highest BCUT2D eigenvalue weighted by atomic mass is 35.5. The highest BCUT2D eigenvalue weighted by Gasteiger charge is 2.22. The Morgan fingerprint density at radius 1 is 1.06 bits per heavy atom. The fraction of sp³-hybridized carbons (Fsp3) is 0.115. The molecule has 0 saturated heterocycles. The van der Waals surface area contributed by atoms with Crippen molar-refractivity contribution in [2.75, 3.05) is 5.73 Å². The smallest absolute Gasteiger partial charge is 0.315 e. The van der Waals surface area contributed by atoms with Crippen LogP contribution in [0.1, 0.15) is 23.0 Å². The van der Waals surface area contributed by atoms with Gasteiger partial charge in [0.2, 0.25) is 0 Å². The molecule has 0 spiro atoms. The number of amides is 2. The highest BCUT2D eigenvalue weighted by molar-refractivity contribution is 6.32. The van der Waals surface area contributed by atoms with E-state index in [1.54, 1.807) is 12.1 Å². The molecule has 2 heterocycles. The molecule has 182 valence electrons. The predicted octanol–water partition coefficient (Wildman–Crippen LogP) is 5.11. The molecule has 0 fully saturated rings. The van der Waals surface area contributed by atoms with E-state index >= 15 is 0 Å². The first-order chi connectivity index (χ1) is 17.5. The first-order valence-corrected chi connectivity index (χ1v) is 11.7. The minimum atomic E-state index is -0.502. The number of rotatable bonds is 7. The average Bonchev–Trinajstić information content (AvgIpc) is 3.45. The first kappa shape index (κ1) is 23.4. The summed E-state index contributed by atoms with van der Waals surface area (Å²) in [6, 6.07) is 20.5. The number of nitrogens with one attached hydrogen (secondary N) is 4. The topological polar surface area (TPSA) is 125 Å². The molecular formula is C26H23ClFN7O. The second-order valence-electron chi connectivity index (χ2n) is 8.35. The van der Waals surface area contributed by atoms with Crippen molar-refractivity contribution >= 4 is 34.4 Å². The molecule has 3 aromatic carbocycles. The molecule has 0 aliphatic heterocycles. The quantitative estimate of drug-likeness (QED) is 0.211. The van der Waals surface area contributed by atoms with Gasteiger partial charge in [0.05, 0.1) is 11.6 Å². The molecule has 0 bridgehead atoms. The van der Waals surface area contributed by atoms with Crippen molar-refractivity contribution in [3.05, 3.63) is 101 Å². The summed E-state index contributed by atoms with van der Waals surface area (Å²) >= 11 is 6.54. The van der Waals surface area contributed by atoms with Crippen LogP contribution in [0, 0.1) is 5.82 Å². The Balaban J connectivity index is 1.39. The number of nitrogens with zero attached hydrogens (tertiary/aromatic N) is 2. The molecule has 10 heteroatoms. The molecule has 5 rings (SSSR count). The number of hydrogen-bond acceptors (Lipinski definition) is 4. The Morgan fingerprint density at radius 3 is 2.67 bits per heavy atom. The van der Waals surface area contributed by atoms with E-state index in [0.717, 1.165) is 22.0 Å². The molecule has 2 aromatic heterocycles. The number of aromatic nitrogens is 4. The lowest BCUT2D eigenvalue weighted by Gasteiger charge is -2.17. The molecule has 2 amide bonds. The van der Waals surface area contributed by atoms with E-state index in [0.29, 0.717) is 34.5 Å². The Kier molecular flexibility index (Phi) is 6.55. The monoisotopic (exact) mass is 503 g/mol. The number of hydrogen-bond donors (Lipinski definition) is 5. The maximum absolute atomic E-state index is 13.5. The third kappa shape index (κ3) is 5.16. The van der Waals surface area contributed by atoms with E-state index in [1.807, 2.05) is 48.5 Å². The third-order valence-corrected chi connectivity index (χ3v) is 6.08. The molecule has 0 aliphatic carbocycles. The first-order valence-electron chi connectivity index (χ1n) is 11.3. The largest absolute Gasteiger partial charge is 0.382 e. The second kappa shape index (κ2) is 10.1. The number of aromatic amines is 2. The van der Waals surface area contributed by atoms with Crippen LogP contribution >= 0.6 is 11.6 Å². The SMILES string of the molecule is Nc1n[nH]c2cc(-c3nc(C(Cc4ccccc4)NC(=O)NCc4cccc(F)c4)[nH]c3Cl)ccc12. The summed E-state index contributed by atoms with van der Waals surface area (Å²) in [7, 11) is 0. The fourth-order valence-corrected chi connectivity index (χ4v) is 4.27. The summed E-state index contributed by atoms with van der Waals surface area (Å²) in [5.74, 6) is 0.566. The minimum absolute atomic E-state index is 0.180. The van der Waals surface area contributed by atoms with Gasteiger partial charge in [0.1, 0.15) is 22.5 Å². The van der Waals surface area contributed by atoms with Gasteiger partial charge >= 0.3 is 6.03 Å². The van der Waals surface area contributed by atoms with Crippen LogP contribution in [0.5, 0.6) is 0 Å². The van der Waals surface area contributed by atoms with Gasteiger partial charge in [-0.25, -0.2) is 14.2 Å². The van der Waals surface area contributed by atoms with Crippen molar-refractivity contribution in [1.29, 1.82) is 0 Å². The Bertz CT molecular complexity index is 1520. The summed E-state index contributed by atoms with van der Waals surface area (Å²) in [6.07, 6.45) is 0.480. The number of anilines is 1. The maximum atomic E-state index is 13.5. The van der Waals surface area contributed by atoms with Gasteiger partial charge in [0.15, 0.2) is 5.82 Å². The predicted molar refractivity (Wildman–Crippen MR) is 138 cm³/mol. The third-order valence-electron chi connectivity index (χ3n) is 5.80. The molecule has 1 atom stereocenters. The molecule has 36 heavy (non-hydrogen) atoms. The summed E-state index contributed by atoms with van der Waals surface area (Å²) in [5, 5.41) is 13.8. The lowest BCUT2D eigenvalue weighted by atomic mass is 10.1. The van der Waals surface area contributed by atoms with Crippen molar-refractivity contribution in [1.82, 2.24) is 30.8 Å². The second-order valence-corrected chi connectivity index (χ2v) is 8.73. The number of nitrogens with two attached hydrogens (primary N) is 1. The van der Waals surface area contributed by atoms with Crippen LogP contribution in [0.15, 0.2) is 72.8 Å². The van der Waals surface area contributed by atoms with Crippen LogP contribution in [0.2, 0.25) is 5.15 Å². The van der Waals surface area contributed by atoms with Crippen LogP contribution < -0.4 is 16.4 Å². The fourth-order valence-electron chi connectivity index (χ4n) is 4.02. The van der Waals surface area contributed by atoms with Crippen LogP contribution in [0.25, 0.3) is 22.2 Å². The zero-order chi connectivity index (χ0) is 25.1. The van der Waals surface area contributed by atoms with Crippen LogP contribution in [0.3, 0.4) is 0 Å².